The smallest absolute Gasteiger partial charge is 0.222 e. The number of halogens is 1. The van der Waals surface area contributed by atoms with Crippen LogP contribution in [0.15, 0.2) is 30.5 Å². The minimum absolute atomic E-state index is 0.156. The number of pyridine rings is 1. The summed E-state index contributed by atoms with van der Waals surface area (Å²) in [6.45, 7) is 6.68. The summed E-state index contributed by atoms with van der Waals surface area (Å²) < 4.78 is 19.5. The molecule has 6 nitrogen and oxygen atoms in total. The quantitative estimate of drug-likeness (QED) is 0.883. The molecule has 1 aromatic carbocycles. The lowest BCUT2D eigenvalue weighted by atomic mass is 10.0. The third-order valence-electron chi connectivity index (χ3n) is 5.02. The number of fused-ring (bicyclic) bond motifs is 1. The number of aryl methyl sites for hydroxylation is 1. The average molecular weight is 382 g/mol. The van der Waals surface area contributed by atoms with Gasteiger partial charge in [0, 0.05) is 49.2 Å². The van der Waals surface area contributed by atoms with E-state index in [9.17, 15) is 9.18 Å². The molecule has 1 saturated heterocycles. The number of carbonyl (C=O) groups is 1. The van der Waals surface area contributed by atoms with Crippen molar-refractivity contribution in [3.05, 3.63) is 53.1 Å². The summed E-state index contributed by atoms with van der Waals surface area (Å²) >= 11 is 0. The standard InChI is InChI=1S/C21H23FN4O2/c1-14-3-4-16(11-18(14)22)26-6-5-19-17(13-26)20(25-7-9-28-10-8-25)12-21(24-19)23-15(2)27/h3-6,11-12H,7-10,13H2,1-2H3,(H,23,24,27). The van der Waals surface area contributed by atoms with Gasteiger partial charge in [-0.05, 0) is 30.7 Å². The maximum absolute atomic E-state index is 14.0. The highest BCUT2D eigenvalue weighted by atomic mass is 19.1. The molecule has 0 radical (unpaired) electrons. The summed E-state index contributed by atoms with van der Waals surface area (Å²) in [6.07, 6.45) is 3.81. The van der Waals surface area contributed by atoms with Crippen molar-refractivity contribution in [2.75, 3.05) is 41.4 Å². The molecule has 2 aliphatic rings. The Hall–Kier alpha value is -2.93. The molecule has 1 fully saturated rings. The summed E-state index contributed by atoms with van der Waals surface area (Å²) in [5, 5.41) is 2.79. The lowest BCUT2D eigenvalue weighted by molar-refractivity contribution is -0.114. The van der Waals surface area contributed by atoms with Crippen molar-refractivity contribution in [2.24, 2.45) is 0 Å². The Kier molecular flexibility index (Phi) is 5.00. The fourth-order valence-electron chi connectivity index (χ4n) is 3.53. The molecule has 1 amide bonds. The van der Waals surface area contributed by atoms with Crippen LogP contribution in [0.5, 0.6) is 0 Å². The second kappa shape index (κ2) is 7.59. The van der Waals surface area contributed by atoms with Gasteiger partial charge < -0.3 is 19.9 Å². The van der Waals surface area contributed by atoms with E-state index in [-0.39, 0.29) is 11.7 Å². The molecule has 28 heavy (non-hydrogen) atoms. The molecule has 0 unspecified atom stereocenters. The van der Waals surface area contributed by atoms with Gasteiger partial charge in [0.25, 0.3) is 0 Å². The highest BCUT2D eigenvalue weighted by Gasteiger charge is 2.23. The first-order valence-electron chi connectivity index (χ1n) is 9.36. The number of aromatic nitrogens is 1. The lowest BCUT2D eigenvalue weighted by Gasteiger charge is -2.34. The molecule has 0 aliphatic carbocycles. The number of rotatable bonds is 3. The molecule has 146 valence electrons. The predicted octanol–water partition coefficient (Wildman–Crippen LogP) is 3.32. The first kappa shape index (κ1) is 18.4. The van der Waals surface area contributed by atoms with E-state index in [0.717, 1.165) is 35.7 Å². The number of hydrogen-bond acceptors (Lipinski definition) is 5. The molecule has 0 saturated carbocycles. The maximum atomic E-state index is 14.0. The maximum Gasteiger partial charge on any atom is 0.222 e. The van der Waals surface area contributed by atoms with Crippen LogP contribution >= 0.6 is 0 Å². The van der Waals surface area contributed by atoms with Gasteiger partial charge in [-0.25, -0.2) is 9.37 Å². The first-order chi connectivity index (χ1) is 13.5. The molecule has 2 aromatic rings. The highest BCUT2D eigenvalue weighted by molar-refractivity contribution is 5.89. The molecular weight excluding hydrogens is 359 g/mol. The summed E-state index contributed by atoms with van der Waals surface area (Å²) in [7, 11) is 0. The van der Waals surface area contributed by atoms with Gasteiger partial charge in [-0.15, -0.1) is 0 Å². The molecule has 4 rings (SSSR count). The Morgan fingerprint density at radius 2 is 2.04 bits per heavy atom. The fraction of sp³-hybridized carbons (Fsp3) is 0.333. The van der Waals surface area contributed by atoms with Gasteiger partial charge in [0.2, 0.25) is 5.91 Å². The summed E-state index contributed by atoms with van der Waals surface area (Å²) in [5.74, 6) is 0.161. The van der Waals surface area contributed by atoms with Crippen LogP contribution in [0, 0.1) is 12.7 Å². The molecule has 1 aromatic heterocycles. The number of hydrogen-bond donors (Lipinski definition) is 1. The van der Waals surface area contributed by atoms with Crippen LogP contribution < -0.4 is 15.1 Å². The molecule has 0 spiro atoms. The third-order valence-corrected chi connectivity index (χ3v) is 5.02. The zero-order chi connectivity index (χ0) is 19.7. The predicted molar refractivity (Wildman–Crippen MR) is 108 cm³/mol. The van der Waals surface area contributed by atoms with E-state index in [4.69, 9.17) is 4.74 Å². The number of ether oxygens (including phenoxy) is 1. The van der Waals surface area contributed by atoms with Crippen LogP contribution in [-0.2, 0) is 16.1 Å². The summed E-state index contributed by atoms with van der Waals surface area (Å²) in [6, 6.07) is 7.17. The monoisotopic (exact) mass is 382 g/mol. The second-order valence-electron chi connectivity index (χ2n) is 7.05. The molecule has 1 N–H and O–H groups in total. The topological polar surface area (TPSA) is 57.7 Å². The second-order valence-corrected chi connectivity index (χ2v) is 7.05. The Balaban J connectivity index is 1.72. The summed E-state index contributed by atoms with van der Waals surface area (Å²) in [5.41, 5.74) is 4.32. The van der Waals surface area contributed by atoms with Crippen LogP contribution in [0.25, 0.3) is 6.08 Å². The van der Waals surface area contributed by atoms with Gasteiger partial charge in [-0.2, -0.15) is 0 Å². The normalized spacial score (nSPS) is 16.1. The zero-order valence-corrected chi connectivity index (χ0v) is 16.0. The fourth-order valence-corrected chi connectivity index (χ4v) is 3.53. The molecule has 0 bridgehead atoms. The Labute approximate surface area is 163 Å². The van der Waals surface area contributed by atoms with E-state index in [2.05, 4.69) is 15.2 Å². The van der Waals surface area contributed by atoms with E-state index in [0.29, 0.717) is 31.1 Å². The van der Waals surface area contributed by atoms with Crippen molar-refractivity contribution >= 4 is 29.2 Å². The van der Waals surface area contributed by atoms with E-state index >= 15 is 0 Å². The molecule has 0 atom stereocenters. The van der Waals surface area contributed by atoms with Crippen molar-refractivity contribution in [1.82, 2.24) is 4.98 Å². The molecule has 3 heterocycles. The van der Waals surface area contributed by atoms with Gasteiger partial charge in [-0.1, -0.05) is 6.07 Å². The van der Waals surface area contributed by atoms with Gasteiger partial charge in [-0.3, -0.25) is 4.79 Å². The first-order valence-corrected chi connectivity index (χ1v) is 9.36. The zero-order valence-electron chi connectivity index (χ0n) is 16.0. The number of amides is 1. The van der Waals surface area contributed by atoms with Gasteiger partial charge >= 0.3 is 0 Å². The van der Waals surface area contributed by atoms with Crippen molar-refractivity contribution in [3.63, 3.8) is 0 Å². The van der Waals surface area contributed by atoms with E-state index in [1.807, 2.05) is 29.3 Å². The summed E-state index contributed by atoms with van der Waals surface area (Å²) in [4.78, 5) is 20.4. The number of benzene rings is 1. The minimum Gasteiger partial charge on any atom is -0.378 e. The largest absolute Gasteiger partial charge is 0.378 e. The number of morpholine rings is 1. The van der Waals surface area contributed by atoms with Gasteiger partial charge in [0.1, 0.15) is 11.6 Å². The molecular formula is C21H23FN4O2. The third kappa shape index (κ3) is 3.71. The minimum atomic E-state index is -0.218. The molecule has 7 heteroatoms. The number of carbonyl (C=O) groups excluding carboxylic acids is 1. The van der Waals surface area contributed by atoms with Crippen LogP contribution in [0.3, 0.4) is 0 Å². The van der Waals surface area contributed by atoms with E-state index < -0.39 is 0 Å². The number of nitrogens with zero attached hydrogens (tertiary/aromatic N) is 3. The van der Waals surface area contributed by atoms with Crippen molar-refractivity contribution in [2.45, 2.75) is 20.4 Å². The lowest BCUT2D eigenvalue weighted by Crippen LogP contribution is -2.37. The van der Waals surface area contributed by atoms with Crippen LogP contribution in [-0.4, -0.2) is 37.2 Å². The van der Waals surface area contributed by atoms with Crippen LogP contribution in [0.4, 0.5) is 21.6 Å². The average Bonchev–Trinajstić information content (AvgIpc) is 2.69. The number of nitrogens with one attached hydrogen (secondary N) is 1. The highest BCUT2D eigenvalue weighted by Crippen LogP contribution is 2.34. The van der Waals surface area contributed by atoms with Crippen molar-refractivity contribution < 1.29 is 13.9 Å². The van der Waals surface area contributed by atoms with E-state index in [1.54, 1.807) is 19.1 Å². The van der Waals surface area contributed by atoms with Crippen LogP contribution in [0.1, 0.15) is 23.7 Å². The SMILES string of the molecule is CC(=O)Nc1cc(N2CCOCC2)c2c(n1)C=CN(c1ccc(C)c(F)c1)C2. The van der Waals surface area contributed by atoms with Crippen LogP contribution in [0.2, 0.25) is 0 Å². The number of anilines is 3. The van der Waals surface area contributed by atoms with E-state index in [1.165, 1.54) is 6.92 Å². The Morgan fingerprint density at radius 3 is 2.75 bits per heavy atom. The molecule has 2 aliphatic heterocycles. The van der Waals surface area contributed by atoms with Crippen molar-refractivity contribution in [3.8, 4) is 0 Å². The Morgan fingerprint density at radius 1 is 1.25 bits per heavy atom. The Bertz CT molecular complexity index is 938. The van der Waals surface area contributed by atoms with Crippen molar-refractivity contribution in [1.29, 1.82) is 0 Å². The van der Waals surface area contributed by atoms with Gasteiger partial charge in [0.05, 0.1) is 25.5 Å². The van der Waals surface area contributed by atoms with Gasteiger partial charge in [0.15, 0.2) is 0 Å².